The van der Waals surface area contributed by atoms with E-state index >= 15 is 0 Å². The van der Waals surface area contributed by atoms with Crippen molar-refractivity contribution in [3.63, 3.8) is 0 Å². The van der Waals surface area contributed by atoms with Crippen molar-refractivity contribution in [3.8, 4) is 0 Å². The molecule has 5 heteroatoms. The van der Waals surface area contributed by atoms with Gasteiger partial charge in [0.15, 0.2) is 0 Å². The third-order valence-electron chi connectivity index (χ3n) is 4.24. The number of carbonyl (C=O) groups excluding carboxylic acids is 1. The maximum Gasteiger partial charge on any atom is 0.256 e. The van der Waals surface area contributed by atoms with Crippen molar-refractivity contribution in [2.75, 3.05) is 10.6 Å². The molecule has 0 radical (unpaired) electrons. The van der Waals surface area contributed by atoms with Gasteiger partial charge in [-0.25, -0.2) is 4.98 Å². The van der Waals surface area contributed by atoms with Crippen LogP contribution in [0.25, 0.3) is 0 Å². The second-order valence-electron chi connectivity index (χ2n) is 7.43. The molecule has 0 saturated carbocycles. The van der Waals surface area contributed by atoms with Crippen LogP contribution in [0.15, 0.2) is 67.1 Å². The predicted molar refractivity (Wildman–Crippen MR) is 109 cm³/mol. The Balaban J connectivity index is 1.58. The van der Waals surface area contributed by atoms with Crippen LogP contribution in [0.1, 0.15) is 42.3 Å². The van der Waals surface area contributed by atoms with Crippen LogP contribution in [0.4, 0.5) is 11.5 Å². The molecule has 0 aliphatic rings. The lowest BCUT2D eigenvalue weighted by Gasteiger charge is -2.19. The molecule has 0 aliphatic heterocycles. The second-order valence-corrected chi connectivity index (χ2v) is 7.43. The minimum Gasteiger partial charge on any atom is -0.380 e. The van der Waals surface area contributed by atoms with Crippen molar-refractivity contribution >= 4 is 17.4 Å². The molecule has 0 atom stereocenters. The van der Waals surface area contributed by atoms with Crippen LogP contribution in [0, 0.1) is 0 Å². The summed E-state index contributed by atoms with van der Waals surface area (Å²) >= 11 is 0. The van der Waals surface area contributed by atoms with Gasteiger partial charge in [0.1, 0.15) is 5.82 Å². The van der Waals surface area contributed by atoms with E-state index in [4.69, 9.17) is 0 Å². The molecule has 2 aromatic heterocycles. The highest BCUT2D eigenvalue weighted by Gasteiger charge is 2.14. The quantitative estimate of drug-likeness (QED) is 0.696. The topological polar surface area (TPSA) is 66.9 Å². The van der Waals surface area contributed by atoms with Gasteiger partial charge in [0.25, 0.3) is 5.91 Å². The zero-order valence-electron chi connectivity index (χ0n) is 15.9. The molecule has 2 N–H and O–H groups in total. The maximum absolute atomic E-state index is 12.4. The first-order valence-corrected chi connectivity index (χ1v) is 8.92. The summed E-state index contributed by atoms with van der Waals surface area (Å²) in [5, 5.41) is 6.11. The van der Waals surface area contributed by atoms with Crippen LogP contribution < -0.4 is 10.6 Å². The first kappa shape index (κ1) is 18.6. The van der Waals surface area contributed by atoms with Crippen molar-refractivity contribution < 1.29 is 4.79 Å². The van der Waals surface area contributed by atoms with E-state index in [0.717, 1.165) is 11.3 Å². The van der Waals surface area contributed by atoms with Gasteiger partial charge in [-0.05, 0) is 46.9 Å². The smallest absolute Gasteiger partial charge is 0.256 e. The third-order valence-corrected chi connectivity index (χ3v) is 4.24. The Morgan fingerprint density at radius 3 is 2.37 bits per heavy atom. The van der Waals surface area contributed by atoms with Gasteiger partial charge in [-0.15, -0.1) is 0 Å². The molecular formula is C22H24N4O. The average Bonchev–Trinajstić information content (AvgIpc) is 2.68. The first-order chi connectivity index (χ1) is 12.9. The summed E-state index contributed by atoms with van der Waals surface area (Å²) in [6.45, 7) is 7.11. The van der Waals surface area contributed by atoms with Gasteiger partial charge in [-0.1, -0.05) is 39.0 Å². The fraction of sp³-hybridized carbons (Fsp3) is 0.227. The van der Waals surface area contributed by atoms with E-state index in [-0.39, 0.29) is 11.3 Å². The molecule has 1 aromatic carbocycles. The lowest BCUT2D eigenvalue weighted by Crippen LogP contribution is -2.15. The molecule has 27 heavy (non-hydrogen) atoms. The molecule has 5 nitrogen and oxygen atoms in total. The Bertz CT molecular complexity index is 882. The molecule has 138 valence electrons. The standard InChI is InChI=1S/C22H24N4O/c1-22(2,3)18-8-6-17(7-9-18)21(27)26-20-11-10-19(15-25-20)24-14-16-5-4-12-23-13-16/h4-13,15,24H,14H2,1-3H3,(H,25,26,27). The number of benzene rings is 1. The molecule has 0 fully saturated rings. The molecule has 1 amide bonds. The number of aromatic nitrogens is 2. The molecule has 0 saturated heterocycles. The largest absolute Gasteiger partial charge is 0.380 e. The normalized spacial score (nSPS) is 11.1. The SMILES string of the molecule is CC(C)(C)c1ccc(C(=O)Nc2ccc(NCc3cccnc3)cn2)cc1. The van der Waals surface area contributed by atoms with Gasteiger partial charge < -0.3 is 10.6 Å². The minimum absolute atomic E-state index is 0.0647. The van der Waals surface area contributed by atoms with E-state index in [9.17, 15) is 4.79 Å². The van der Waals surface area contributed by atoms with E-state index in [0.29, 0.717) is 17.9 Å². The Labute approximate surface area is 159 Å². The highest BCUT2D eigenvalue weighted by atomic mass is 16.1. The lowest BCUT2D eigenvalue weighted by molar-refractivity contribution is 0.102. The van der Waals surface area contributed by atoms with Crippen LogP contribution in [0.5, 0.6) is 0 Å². The number of amides is 1. The van der Waals surface area contributed by atoms with Gasteiger partial charge in [0.05, 0.1) is 11.9 Å². The van der Waals surface area contributed by atoms with Crippen molar-refractivity contribution in [1.29, 1.82) is 0 Å². The van der Waals surface area contributed by atoms with Gasteiger partial charge >= 0.3 is 0 Å². The summed E-state index contributed by atoms with van der Waals surface area (Å²) in [4.78, 5) is 20.8. The number of rotatable bonds is 5. The highest BCUT2D eigenvalue weighted by molar-refractivity contribution is 6.03. The lowest BCUT2D eigenvalue weighted by atomic mass is 9.87. The summed E-state index contributed by atoms with van der Waals surface area (Å²) in [5.41, 5.74) is 3.85. The van der Waals surface area contributed by atoms with Crippen LogP contribution >= 0.6 is 0 Å². The van der Waals surface area contributed by atoms with E-state index in [1.807, 2.05) is 48.7 Å². The Morgan fingerprint density at radius 1 is 1.00 bits per heavy atom. The van der Waals surface area contributed by atoms with Crippen molar-refractivity contribution in [2.45, 2.75) is 32.7 Å². The molecule has 2 heterocycles. The second kappa shape index (κ2) is 7.99. The summed E-state index contributed by atoms with van der Waals surface area (Å²) in [5.74, 6) is 0.353. The summed E-state index contributed by atoms with van der Waals surface area (Å²) in [6, 6.07) is 15.3. The van der Waals surface area contributed by atoms with E-state index in [1.165, 1.54) is 5.56 Å². The van der Waals surface area contributed by atoms with Gasteiger partial charge in [-0.3, -0.25) is 9.78 Å². The van der Waals surface area contributed by atoms with Crippen LogP contribution in [-0.2, 0) is 12.0 Å². The Hall–Kier alpha value is -3.21. The number of hydrogen-bond donors (Lipinski definition) is 2. The maximum atomic E-state index is 12.4. The summed E-state index contributed by atoms with van der Waals surface area (Å²) in [7, 11) is 0. The Kier molecular flexibility index (Phi) is 5.50. The first-order valence-electron chi connectivity index (χ1n) is 8.92. The van der Waals surface area contributed by atoms with Crippen molar-refractivity contribution in [2.24, 2.45) is 0 Å². The predicted octanol–water partition coefficient (Wildman–Crippen LogP) is 4.64. The van der Waals surface area contributed by atoms with Gasteiger partial charge in [0, 0.05) is 24.5 Å². The molecule has 3 aromatic rings. The molecule has 0 bridgehead atoms. The zero-order chi connectivity index (χ0) is 19.3. The fourth-order valence-corrected chi connectivity index (χ4v) is 2.59. The number of pyridine rings is 2. The highest BCUT2D eigenvalue weighted by Crippen LogP contribution is 2.22. The van der Waals surface area contributed by atoms with Crippen LogP contribution in [0.3, 0.4) is 0 Å². The van der Waals surface area contributed by atoms with Gasteiger partial charge in [-0.2, -0.15) is 0 Å². The van der Waals surface area contributed by atoms with Crippen LogP contribution in [-0.4, -0.2) is 15.9 Å². The zero-order valence-corrected chi connectivity index (χ0v) is 15.9. The number of nitrogens with one attached hydrogen (secondary N) is 2. The monoisotopic (exact) mass is 360 g/mol. The summed E-state index contributed by atoms with van der Waals surface area (Å²) < 4.78 is 0. The number of carbonyl (C=O) groups is 1. The number of hydrogen-bond acceptors (Lipinski definition) is 4. The molecular weight excluding hydrogens is 336 g/mol. The molecule has 0 spiro atoms. The van der Waals surface area contributed by atoms with Gasteiger partial charge in [0.2, 0.25) is 0 Å². The van der Waals surface area contributed by atoms with E-state index in [2.05, 4.69) is 41.4 Å². The minimum atomic E-state index is -0.168. The average molecular weight is 360 g/mol. The molecule has 0 aliphatic carbocycles. The van der Waals surface area contributed by atoms with Crippen molar-refractivity contribution in [1.82, 2.24) is 9.97 Å². The van der Waals surface area contributed by atoms with Crippen LogP contribution in [0.2, 0.25) is 0 Å². The molecule has 3 rings (SSSR count). The molecule has 0 unspecified atom stereocenters. The third kappa shape index (κ3) is 5.14. The van der Waals surface area contributed by atoms with E-state index in [1.54, 1.807) is 18.5 Å². The van der Waals surface area contributed by atoms with E-state index < -0.39 is 0 Å². The summed E-state index contributed by atoms with van der Waals surface area (Å²) in [6.07, 6.45) is 5.27. The Morgan fingerprint density at radius 2 is 1.78 bits per heavy atom. The van der Waals surface area contributed by atoms with Crippen molar-refractivity contribution in [3.05, 3.63) is 83.8 Å². The number of nitrogens with zero attached hydrogens (tertiary/aromatic N) is 2. The fourth-order valence-electron chi connectivity index (χ4n) is 2.59. The number of anilines is 2.